The molecule has 0 bridgehead atoms. The van der Waals surface area contributed by atoms with Gasteiger partial charge in [-0.3, -0.25) is 4.98 Å². The lowest BCUT2D eigenvalue weighted by Crippen LogP contribution is -2.42. The van der Waals surface area contributed by atoms with Crippen molar-refractivity contribution in [3.63, 3.8) is 0 Å². The first-order chi connectivity index (χ1) is 9.86. The maximum atomic E-state index is 11.2. The first-order valence-corrected chi connectivity index (χ1v) is 7.57. The summed E-state index contributed by atoms with van der Waals surface area (Å²) in [7, 11) is 0. The van der Waals surface area contributed by atoms with E-state index in [9.17, 15) is 4.79 Å². The zero-order chi connectivity index (χ0) is 15.7. The third-order valence-corrected chi connectivity index (χ3v) is 4.17. The molecular formula is C14H19BrN4O2. The Morgan fingerprint density at radius 3 is 2.76 bits per heavy atom. The molecule has 0 aliphatic rings. The molecule has 0 aromatic carbocycles. The normalized spacial score (nSPS) is 12.9. The molecular weight excluding hydrogens is 336 g/mol. The summed E-state index contributed by atoms with van der Waals surface area (Å²) in [6.07, 6.45) is 2.59. The average Bonchev–Trinajstić information content (AvgIpc) is 2.74. The number of rotatable bonds is 4. The number of hydrazine groups is 1. The third-order valence-electron chi connectivity index (χ3n) is 3.53. The molecule has 0 aliphatic carbocycles. The van der Waals surface area contributed by atoms with Gasteiger partial charge in [0.15, 0.2) is 0 Å². The lowest BCUT2D eigenvalue weighted by atomic mass is 9.99. The van der Waals surface area contributed by atoms with E-state index in [0.717, 1.165) is 26.9 Å². The van der Waals surface area contributed by atoms with Crippen molar-refractivity contribution in [3.8, 4) is 0 Å². The Hall–Kier alpha value is -1.60. The Balaban J connectivity index is 2.56. The van der Waals surface area contributed by atoms with Gasteiger partial charge in [0.05, 0.1) is 17.3 Å². The largest absolute Gasteiger partial charge is 0.464 e. The Bertz CT molecular complexity index is 668. The number of hydrogen-bond acceptors (Lipinski definition) is 3. The Morgan fingerprint density at radius 1 is 1.57 bits per heavy atom. The molecule has 114 valence electrons. The van der Waals surface area contributed by atoms with Crippen molar-refractivity contribution in [1.82, 2.24) is 14.6 Å². The van der Waals surface area contributed by atoms with Crippen LogP contribution in [-0.4, -0.2) is 25.8 Å². The molecule has 1 unspecified atom stereocenters. The maximum Gasteiger partial charge on any atom is 0.422 e. The summed E-state index contributed by atoms with van der Waals surface area (Å²) in [5.74, 6) is 5.71. The predicted octanol–water partition coefficient (Wildman–Crippen LogP) is 3.37. The highest BCUT2D eigenvalue weighted by Crippen LogP contribution is 2.31. The van der Waals surface area contributed by atoms with E-state index < -0.39 is 12.1 Å². The highest BCUT2D eigenvalue weighted by molar-refractivity contribution is 9.10. The number of nitrogens with zero attached hydrogens (tertiary/aromatic N) is 3. The highest BCUT2D eigenvalue weighted by Gasteiger charge is 2.27. The summed E-state index contributed by atoms with van der Waals surface area (Å²) in [6, 6.07) is 1.43. The van der Waals surface area contributed by atoms with Crippen molar-refractivity contribution >= 4 is 32.9 Å². The van der Waals surface area contributed by atoms with E-state index in [1.165, 1.54) is 0 Å². The second kappa shape index (κ2) is 6.03. The summed E-state index contributed by atoms with van der Waals surface area (Å²) in [6.45, 7) is 6.73. The van der Waals surface area contributed by atoms with E-state index in [2.05, 4.69) is 32.4 Å². The minimum absolute atomic E-state index is 0.0181. The first kappa shape index (κ1) is 15.8. The van der Waals surface area contributed by atoms with Crippen molar-refractivity contribution in [2.24, 2.45) is 11.8 Å². The monoisotopic (exact) mass is 354 g/mol. The van der Waals surface area contributed by atoms with Crippen LogP contribution in [0.3, 0.4) is 0 Å². The molecule has 2 heterocycles. The fourth-order valence-corrected chi connectivity index (χ4v) is 3.06. The van der Waals surface area contributed by atoms with Gasteiger partial charge in [0.1, 0.15) is 0 Å². The maximum absolute atomic E-state index is 11.2. The number of pyridine rings is 1. The van der Waals surface area contributed by atoms with Gasteiger partial charge in [0, 0.05) is 28.8 Å². The number of fused-ring (bicyclic) bond motifs is 1. The molecule has 2 rings (SSSR count). The lowest BCUT2D eigenvalue weighted by molar-refractivity contribution is 0.108. The Kier molecular flexibility index (Phi) is 4.53. The smallest absolute Gasteiger partial charge is 0.422 e. The van der Waals surface area contributed by atoms with Crippen LogP contribution in [-0.2, 0) is 6.54 Å². The van der Waals surface area contributed by atoms with E-state index in [4.69, 9.17) is 10.9 Å². The van der Waals surface area contributed by atoms with Gasteiger partial charge in [-0.25, -0.2) is 15.6 Å². The van der Waals surface area contributed by atoms with Crippen LogP contribution in [0.4, 0.5) is 4.79 Å². The van der Waals surface area contributed by atoms with Crippen LogP contribution in [0, 0.1) is 5.92 Å². The van der Waals surface area contributed by atoms with Gasteiger partial charge in [-0.15, -0.1) is 0 Å². The molecule has 3 N–H and O–H groups in total. The summed E-state index contributed by atoms with van der Waals surface area (Å²) in [4.78, 5) is 15.6. The Morgan fingerprint density at radius 2 is 2.24 bits per heavy atom. The zero-order valence-corrected chi connectivity index (χ0v) is 13.8. The fourth-order valence-electron chi connectivity index (χ4n) is 2.51. The minimum atomic E-state index is -1.16. The van der Waals surface area contributed by atoms with Gasteiger partial charge >= 0.3 is 6.09 Å². The zero-order valence-electron chi connectivity index (χ0n) is 12.2. The molecule has 1 amide bonds. The molecule has 0 saturated heterocycles. The van der Waals surface area contributed by atoms with E-state index in [-0.39, 0.29) is 5.92 Å². The number of carbonyl (C=O) groups is 1. The van der Waals surface area contributed by atoms with Gasteiger partial charge < -0.3 is 9.67 Å². The number of carboxylic acid groups (broad SMARTS) is 1. The molecule has 0 spiro atoms. The molecule has 2 aromatic heterocycles. The van der Waals surface area contributed by atoms with Crippen molar-refractivity contribution in [1.29, 1.82) is 0 Å². The van der Waals surface area contributed by atoms with Crippen molar-refractivity contribution in [2.45, 2.75) is 33.4 Å². The van der Waals surface area contributed by atoms with Crippen LogP contribution in [0.15, 0.2) is 22.9 Å². The number of nitrogens with two attached hydrogens (primary N) is 1. The molecule has 0 saturated carbocycles. The van der Waals surface area contributed by atoms with Crippen molar-refractivity contribution in [2.75, 3.05) is 0 Å². The molecule has 6 nitrogen and oxygen atoms in total. The first-order valence-electron chi connectivity index (χ1n) is 6.78. The number of halogens is 1. The van der Waals surface area contributed by atoms with Crippen LogP contribution in [0.5, 0.6) is 0 Å². The number of amides is 1. The molecule has 1 atom stereocenters. The van der Waals surface area contributed by atoms with Crippen molar-refractivity contribution < 1.29 is 9.90 Å². The summed E-state index contributed by atoms with van der Waals surface area (Å²) >= 11 is 3.51. The molecule has 0 aliphatic heterocycles. The molecule has 7 heteroatoms. The van der Waals surface area contributed by atoms with Crippen LogP contribution in [0.1, 0.15) is 32.5 Å². The van der Waals surface area contributed by atoms with Crippen LogP contribution in [0.25, 0.3) is 10.9 Å². The summed E-state index contributed by atoms with van der Waals surface area (Å²) in [5, 5.41) is 11.0. The van der Waals surface area contributed by atoms with Gasteiger partial charge in [-0.05, 0) is 34.8 Å². The summed E-state index contributed by atoms with van der Waals surface area (Å²) in [5.41, 5.74) is 1.67. The van der Waals surface area contributed by atoms with E-state index in [1.54, 1.807) is 6.20 Å². The van der Waals surface area contributed by atoms with Gasteiger partial charge in [0.25, 0.3) is 0 Å². The van der Waals surface area contributed by atoms with Gasteiger partial charge in [0.2, 0.25) is 0 Å². The minimum Gasteiger partial charge on any atom is -0.464 e. The Labute approximate surface area is 131 Å². The quantitative estimate of drug-likeness (QED) is 0.500. The molecule has 21 heavy (non-hydrogen) atoms. The molecule has 2 aromatic rings. The molecule has 0 radical (unpaired) electrons. The standard InChI is InChI=1S/C14H19BrN4O2/c1-4-18-7-10(15)9-6-17-11(5-12(9)18)13(8(2)3)19(16)14(20)21/h5-8,13H,4,16H2,1-3H3,(H,20,21). The SMILES string of the molecule is CCn1cc(Br)c2cnc(C(C(C)C)N(N)C(=O)O)cc21. The second-order valence-electron chi connectivity index (χ2n) is 5.27. The number of aryl methyl sites for hydroxylation is 1. The van der Waals surface area contributed by atoms with E-state index in [0.29, 0.717) is 5.69 Å². The van der Waals surface area contributed by atoms with E-state index >= 15 is 0 Å². The highest BCUT2D eigenvalue weighted by atomic mass is 79.9. The van der Waals surface area contributed by atoms with Crippen LogP contribution < -0.4 is 5.84 Å². The van der Waals surface area contributed by atoms with E-state index in [1.807, 2.05) is 26.1 Å². The topological polar surface area (TPSA) is 84.4 Å². The second-order valence-corrected chi connectivity index (χ2v) is 6.12. The van der Waals surface area contributed by atoms with Crippen LogP contribution >= 0.6 is 15.9 Å². The number of aromatic nitrogens is 2. The van der Waals surface area contributed by atoms with Gasteiger partial charge in [-0.1, -0.05) is 13.8 Å². The summed E-state index contributed by atoms with van der Waals surface area (Å²) < 4.78 is 3.06. The average molecular weight is 355 g/mol. The van der Waals surface area contributed by atoms with Crippen LogP contribution in [0.2, 0.25) is 0 Å². The lowest BCUT2D eigenvalue weighted by Gasteiger charge is -2.27. The predicted molar refractivity (Wildman–Crippen MR) is 84.7 cm³/mol. The third kappa shape index (κ3) is 2.89. The van der Waals surface area contributed by atoms with Crippen molar-refractivity contribution in [3.05, 3.63) is 28.6 Å². The molecule has 0 fully saturated rings. The fraction of sp³-hybridized carbons (Fsp3) is 0.429. The van der Waals surface area contributed by atoms with Gasteiger partial charge in [-0.2, -0.15) is 0 Å². The number of hydrogen-bond donors (Lipinski definition) is 2.